The van der Waals surface area contributed by atoms with Crippen LogP contribution in [0.3, 0.4) is 0 Å². The second kappa shape index (κ2) is 7.48. The maximum Gasteiger partial charge on any atom is 0.302 e. The maximum atomic E-state index is 11.9. The second-order valence-electron chi connectivity index (χ2n) is 14.8. The molecule has 0 amide bonds. The Bertz CT molecular complexity index is 939. The van der Waals surface area contributed by atoms with Crippen molar-refractivity contribution < 1.29 is 9.53 Å². The molecule has 0 bridgehead atoms. The van der Waals surface area contributed by atoms with Crippen LogP contribution in [0.15, 0.2) is 23.3 Å². The maximum absolute atomic E-state index is 11.9. The van der Waals surface area contributed by atoms with E-state index in [9.17, 15) is 4.79 Å². The van der Waals surface area contributed by atoms with Gasteiger partial charge >= 0.3 is 5.97 Å². The van der Waals surface area contributed by atoms with E-state index >= 15 is 0 Å². The number of hydrogen-bond donors (Lipinski definition) is 0. The van der Waals surface area contributed by atoms with Crippen LogP contribution < -0.4 is 0 Å². The molecule has 0 unspecified atom stereocenters. The van der Waals surface area contributed by atoms with Crippen LogP contribution >= 0.6 is 0 Å². The largest absolute Gasteiger partial charge is 0.462 e. The van der Waals surface area contributed by atoms with E-state index in [4.69, 9.17) is 4.74 Å². The van der Waals surface area contributed by atoms with Gasteiger partial charge in [0.05, 0.1) is 0 Å². The van der Waals surface area contributed by atoms with E-state index in [1.54, 1.807) is 12.5 Å². The van der Waals surface area contributed by atoms with Crippen molar-refractivity contribution in [1.29, 1.82) is 0 Å². The van der Waals surface area contributed by atoms with E-state index < -0.39 is 0 Å². The Balaban J connectivity index is 1.53. The van der Waals surface area contributed by atoms with Gasteiger partial charge in [-0.2, -0.15) is 0 Å². The molecule has 0 spiro atoms. The molecule has 5 aliphatic rings. The molecule has 0 N–H and O–H groups in total. The summed E-state index contributed by atoms with van der Waals surface area (Å²) in [7, 11) is 0. The third-order valence-corrected chi connectivity index (χ3v) is 12.8. The molecule has 5 rings (SSSR count). The zero-order valence-electron chi connectivity index (χ0n) is 23.5. The number of ether oxygens (including phenoxy) is 1. The van der Waals surface area contributed by atoms with Crippen molar-refractivity contribution in [2.45, 2.75) is 120 Å². The van der Waals surface area contributed by atoms with E-state index in [1.165, 1.54) is 44.9 Å². The lowest BCUT2D eigenvalue weighted by atomic mass is 9.33. The fourth-order valence-electron chi connectivity index (χ4n) is 10.9. The second-order valence-corrected chi connectivity index (χ2v) is 14.8. The zero-order valence-corrected chi connectivity index (χ0v) is 23.5. The summed E-state index contributed by atoms with van der Waals surface area (Å²) in [6.45, 7) is 21.7. The fraction of sp³-hybridized carbons (Fsp3) is 0.844. The third kappa shape index (κ3) is 3.02. The predicted octanol–water partition coefficient (Wildman–Crippen LogP) is 8.52. The van der Waals surface area contributed by atoms with Gasteiger partial charge in [-0.15, -0.1) is 0 Å². The normalized spacial score (nSPS) is 49.2. The molecule has 2 nitrogen and oxygen atoms in total. The summed E-state index contributed by atoms with van der Waals surface area (Å²) >= 11 is 0. The highest BCUT2D eigenvalue weighted by molar-refractivity contribution is 5.66. The summed E-state index contributed by atoms with van der Waals surface area (Å²) in [5.41, 5.74) is 4.91. The Labute approximate surface area is 209 Å². The van der Waals surface area contributed by atoms with Gasteiger partial charge in [-0.3, -0.25) is 4.79 Å². The Hall–Kier alpha value is -1.05. The van der Waals surface area contributed by atoms with E-state index in [-0.39, 0.29) is 22.9 Å². The van der Waals surface area contributed by atoms with Crippen LogP contribution in [0.4, 0.5) is 0 Å². The first-order chi connectivity index (χ1) is 15.7. The molecular formula is C32H50O2. The van der Waals surface area contributed by atoms with E-state index in [1.807, 2.05) is 5.57 Å². The van der Waals surface area contributed by atoms with Gasteiger partial charge in [0.1, 0.15) is 6.10 Å². The van der Waals surface area contributed by atoms with Crippen molar-refractivity contribution in [1.82, 2.24) is 0 Å². The van der Waals surface area contributed by atoms with Crippen LogP contribution in [0.2, 0.25) is 0 Å². The first-order valence-electron chi connectivity index (χ1n) is 14.3. The van der Waals surface area contributed by atoms with Gasteiger partial charge in [0.25, 0.3) is 0 Å². The van der Waals surface area contributed by atoms with Gasteiger partial charge in [-0.05, 0) is 96.9 Å². The van der Waals surface area contributed by atoms with Crippen LogP contribution in [0.1, 0.15) is 114 Å². The highest BCUT2D eigenvalue weighted by Gasteiger charge is 2.69. The molecule has 0 aromatic rings. The van der Waals surface area contributed by atoms with E-state index in [2.05, 4.69) is 67.5 Å². The van der Waals surface area contributed by atoms with Crippen LogP contribution in [-0.4, -0.2) is 12.1 Å². The van der Waals surface area contributed by atoms with Crippen LogP contribution in [0.25, 0.3) is 0 Å². The lowest BCUT2D eigenvalue weighted by Gasteiger charge is -2.72. The van der Waals surface area contributed by atoms with Gasteiger partial charge < -0.3 is 4.74 Å². The summed E-state index contributed by atoms with van der Waals surface area (Å²) < 4.78 is 5.91. The molecule has 2 heteroatoms. The molecule has 190 valence electrons. The van der Waals surface area contributed by atoms with Crippen molar-refractivity contribution in [3.8, 4) is 0 Å². The van der Waals surface area contributed by atoms with Crippen LogP contribution in [0.5, 0.6) is 0 Å². The first-order valence-corrected chi connectivity index (χ1v) is 14.3. The summed E-state index contributed by atoms with van der Waals surface area (Å²) in [6, 6.07) is 0. The highest BCUT2D eigenvalue weighted by atomic mass is 16.5. The van der Waals surface area contributed by atoms with Crippen molar-refractivity contribution in [3.05, 3.63) is 23.3 Å². The Morgan fingerprint density at radius 1 is 0.882 bits per heavy atom. The summed E-state index contributed by atoms with van der Waals surface area (Å²) in [6.07, 6.45) is 15.4. The van der Waals surface area contributed by atoms with Crippen molar-refractivity contribution >= 4 is 5.97 Å². The Kier molecular flexibility index (Phi) is 5.42. The van der Waals surface area contributed by atoms with E-state index in [0.29, 0.717) is 28.1 Å². The Morgan fingerprint density at radius 2 is 1.59 bits per heavy atom. The number of carbonyl (C=O) groups excluding carboxylic acids is 1. The summed E-state index contributed by atoms with van der Waals surface area (Å²) in [4.78, 5) is 11.9. The third-order valence-electron chi connectivity index (χ3n) is 12.8. The molecule has 34 heavy (non-hydrogen) atoms. The number of fused-ring (bicyclic) bond motifs is 7. The molecule has 4 fully saturated rings. The molecule has 0 heterocycles. The standard InChI is InChI=1S/C32H50O2/c1-20(2)22-12-15-29(6)18-19-31(8)23(27(22)29)10-11-25-30(7)16-14-26(34-21(3)33)28(4,5)24(30)13-17-32(25,31)9/h12,15,20,23-26H,10-11,13-14,16-19H2,1-9H3/t23-,24+,25-,26+,29-,30+,31-,32-/m1/s1. The highest BCUT2D eigenvalue weighted by Crippen LogP contribution is 2.76. The van der Waals surface area contributed by atoms with Gasteiger partial charge in [0.15, 0.2) is 0 Å². The lowest BCUT2D eigenvalue weighted by Crippen LogP contribution is -2.65. The SMILES string of the molecule is CC(=O)O[C@H]1CC[C@]2(C)[C@H]3CC[C@@H]4C5=C(C(C)C)C=C[C@]5(C)CC[C@@]4(C)[C@]3(C)CC[C@H]2C1(C)C. The van der Waals surface area contributed by atoms with Crippen molar-refractivity contribution in [2.75, 3.05) is 0 Å². The smallest absolute Gasteiger partial charge is 0.302 e. The topological polar surface area (TPSA) is 26.3 Å². The van der Waals surface area contributed by atoms with Crippen LogP contribution in [-0.2, 0) is 9.53 Å². The average molecular weight is 467 g/mol. The minimum absolute atomic E-state index is 0.0472. The molecular weight excluding hydrogens is 416 g/mol. The molecule has 0 aromatic carbocycles. The number of carbonyl (C=O) groups is 1. The molecule has 8 atom stereocenters. The van der Waals surface area contributed by atoms with Crippen molar-refractivity contribution in [3.63, 3.8) is 0 Å². The molecule has 0 radical (unpaired) electrons. The van der Waals surface area contributed by atoms with Gasteiger partial charge in [-0.1, -0.05) is 73.1 Å². The molecule has 0 aromatic heterocycles. The number of hydrogen-bond acceptors (Lipinski definition) is 2. The number of rotatable bonds is 2. The number of esters is 1. The summed E-state index contributed by atoms with van der Waals surface area (Å²) in [5.74, 6) is 2.63. The molecule has 5 aliphatic carbocycles. The minimum atomic E-state index is -0.111. The summed E-state index contributed by atoms with van der Waals surface area (Å²) in [5, 5.41) is 0. The van der Waals surface area contributed by atoms with Gasteiger partial charge in [0, 0.05) is 17.8 Å². The molecule has 0 saturated heterocycles. The fourth-order valence-corrected chi connectivity index (χ4v) is 10.9. The zero-order chi connectivity index (χ0) is 24.9. The molecule has 4 saturated carbocycles. The average Bonchev–Trinajstić information content (AvgIpc) is 3.08. The predicted molar refractivity (Wildman–Crippen MR) is 140 cm³/mol. The Morgan fingerprint density at radius 3 is 2.24 bits per heavy atom. The van der Waals surface area contributed by atoms with Crippen molar-refractivity contribution in [2.24, 2.45) is 50.7 Å². The lowest BCUT2D eigenvalue weighted by molar-refractivity contribution is -0.231. The van der Waals surface area contributed by atoms with Gasteiger partial charge in [-0.25, -0.2) is 0 Å². The quantitative estimate of drug-likeness (QED) is 0.381. The molecule has 0 aliphatic heterocycles. The van der Waals surface area contributed by atoms with Gasteiger partial charge in [0.2, 0.25) is 0 Å². The van der Waals surface area contributed by atoms with E-state index in [0.717, 1.165) is 18.3 Å². The monoisotopic (exact) mass is 466 g/mol. The number of allylic oxidation sites excluding steroid dienone is 4. The first kappa shape index (κ1) is 24.6. The minimum Gasteiger partial charge on any atom is -0.462 e. The van der Waals surface area contributed by atoms with Crippen LogP contribution in [0, 0.1) is 50.7 Å².